The Balaban J connectivity index is 1.58. The van der Waals surface area contributed by atoms with Crippen molar-refractivity contribution >= 4 is 22.9 Å². The molecule has 1 aromatic carbocycles. The van der Waals surface area contributed by atoms with Gasteiger partial charge in [0.2, 0.25) is 5.95 Å². The zero-order valence-electron chi connectivity index (χ0n) is 14.7. The molecule has 134 valence electrons. The highest BCUT2D eigenvalue weighted by Gasteiger charge is 2.28. The highest BCUT2D eigenvalue weighted by Crippen LogP contribution is 2.24. The molecule has 1 aliphatic heterocycles. The Morgan fingerprint density at radius 2 is 2.19 bits per heavy atom. The first-order valence-corrected chi connectivity index (χ1v) is 8.47. The molecule has 0 radical (unpaired) electrons. The predicted octanol–water partition coefficient (Wildman–Crippen LogP) is 1.63. The van der Waals surface area contributed by atoms with E-state index in [0.717, 1.165) is 11.2 Å². The van der Waals surface area contributed by atoms with Gasteiger partial charge in [-0.2, -0.15) is 0 Å². The number of imidazole rings is 1. The van der Waals surface area contributed by atoms with Gasteiger partial charge in [0.05, 0.1) is 36.3 Å². The van der Waals surface area contributed by atoms with Gasteiger partial charge in [-0.3, -0.25) is 4.79 Å². The summed E-state index contributed by atoms with van der Waals surface area (Å²) in [4.78, 5) is 32.8. The number of nitrogens with zero attached hydrogens (tertiary/aromatic N) is 5. The van der Waals surface area contributed by atoms with Crippen LogP contribution in [0, 0.1) is 0 Å². The third kappa shape index (κ3) is 2.99. The van der Waals surface area contributed by atoms with Gasteiger partial charge in [0, 0.05) is 26.8 Å². The van der Waals surface area contributed by atoms with Crippen LogP contribution in [0.3, 0.4) is 0 Å². The number of carbonyl (C=O) groups is 1. The lowest BCUT2D eigenvalue weighted by atomic mass is 10.1. The predicted molar refractivity (Wildman–Crippen MR) is 97.0 cm³/mol. The standard InChI is InChI=1S/C18H20N6O2/c1-23(2)18-19-7-6-13(22-18)15-10-24(8-9-26-15)17(25)12-4-3-5-14-16(12)21-11-20-14/h3-7,11,15H,8-10H2,1-2H3,(H,20,21). The topological polar surface area (TPSA) is 87.2 Å². The molecule has 1 unspecified atom stereocenters. The first kappa shape index (κ1) is 16.5. The van der Waals surface area contributed by atoms with E-state index in [1.54, 1.807) is 17.4 Å². The Labute approximate surface area is 150 Å². The summed E-state index contributed by atoms with van der Waals surface area (Å²) < 4.78 is 5.86. The second kappa shape index (κ2) is 6.72. The Hall–Kier alpha value is -3.00. The summed E-state index contributed by atoms with van der Waals surface area (Å²) in [5.41, 5.74) is 2.92. The minimum atomic E-state index is -0.271. The van der Waals surface area contributed by atoms with E-state index in [-0.39, 0.29) is 12.0 Å². The number of anilines is 1. The minimum absolute atomic E-state index is 0.0436. The number of fused-ring (bicyclic) bond motifs is 1. The number of nitrogens with one attached hydrogen (secondary N) is 1. The first-order chi connectivity index (χ1) is 12.6. The van der Waals surface area contributed by atoms with Gasteiger partial charge in [-0.05, 0) is 18.2 Å². The van der Waals surface area contributed by atoms with Crippen LogP contribution in [0.15, 0.2) is 36.8 Å². The van der Waals surface area contributed by atoms with Gasteiger partial charge in [0.1, 0.15) is 11.6 Å². The average molecular weight is 352 g/mol. The number of morpholine rings is 1. The lowest BCUT2D eigenvalue weighted by Gasteiger charge is -2.33. The second-order valence-corrected chi connectivity index (χ2v) is 6.39. The lowest BCUT2D eigenvalue weighted by Crippen LogP contribution is -2.42. The SMILES string of the molecule is CN(C)c1nccc(C2CN(C(=O)c3cccc4[nH]cnc34)CCO2)n1. The maximum Gasteiger partial charge on any atom is 0.256 e. The number of benzene rings is 1. The van der Waals surface area contributed by atoms with E-state index in [1.807, 2.05) is 43.3 Å². The van der Waals surface area contributed by atoms with Crippen molar-refractivity contribution < 1.29 is 9.53 Å². The normalized spacial score (nSPS) is 17.5. The molecule has 4 rings (SSSR count). The molecular weight excluding hydrogens is 332 g/mol. The van der Waals surface area contributed by atoms with E-state index >= 15 is 0 Å². The number of aromatic nitrogens is 4. The summed E-state index contributed by atoms with van der Waals surface area (Å²) >= 11 is 0. The van der Waals surface area contributed by atoms with E-state index in [9.17, 15) is 4.79 Å². The van der Waals surface area contributed by atoms with Gasteiger partial charge >= 0.3 is 0 Å². The molecule has 0 aliphatic carbocycles. The van der Waals surface area contributed by atoms with Crippen molar-refractivity contribution in [3.63, 3.8) is 0 Å². The highest BCUT2D eigenvalue weighted by molar-refractivity contribution is 6.04. The van der Waals surface area contributed by atoms with Crippen molar-refractivity contribution in [3.05, 3.63) is 48.0 Å². The van der Waals surface area contributed by atoms with Crippen LogP contribution in [0.5, 0.6) is 0 Å². The third-order valence-electron chi connectivity index (χ3n) is 4.43. The molecule has 0 bridgehead atoms. The molecule has 1 fully saturated rings. The lowest BCUT2D eigenvalue weighted by molar-refractivity contribution is -0.0246. The molecule has 0 spiro atoms. The first-order valence-electron chi connectivity index (χ1n) is 8.47. The summed E-state index contributed by atoms with van der Waals surface area (Å²) in [6.07, 6.45) is 3.05. The van der Waals surface area contributed by atoms with Crippen molar-refractivity contribution in [1.29, 1.82) is 0 Å². The highest BCUT2D eigenvalue weighted by atomic mass is 16.5. The molecule has 2 aromatic heterocycles. The van der Waals surface area contributed by atoms with Crippen LogP contribution in [-0.2, 0) is 4.74 Å². The van der Waals surface area contributed by atoms with Crippen molar-refractivity contribution in [2.45, 2.75) is 6.10 Å². The molecule has 1 amide bonds. The number of aromatic amines is 1. The second-order valence-electron chi connectivity index (χ2n) is 6.39. The van der Waals surface area contributed by atoms with E-state index in [0.29, 0.717) is 36.7 Å². The fraction of sp³-hybridized carbons (Fsp3) is 0.333. The Bertz CT molecular complexity index is 938. The molecule has 1 N–H and O–H groups in total. The summed E-state index contributed by atoms with van der Waals surface area (Å²) in [7, 11) is 3.78. The van der Waals surface area contributed by atoms with Crippen LogP contribution in [0.2, 0.25) is 0 Å². The smallest absolute Gasteiger partial charge is 0.256 e. The molecular formula is C18H20N6O2. The largest absolute Gasteiger partial charge is 0.368 e. The molecule has 26 heavy (non-hydrogen) atoms. The van der Waals surface area contributed by atoms with Crippen molar-refractivity contribution in [2.24, 2.45) is 0 Å². The number of para-hydroxylation sites is 1. The van der Waals surface area contributed by atoms with Gasteiger partial charge in [-0.1, -0.05) is 6.07 Å². The number of ether oxygens (including phenoxy) is 1. The van der Waals surface area contributed by atoms with Gasteiger partial charge in [-0.25, -0.2) is 15.0 Å². The summed E-state index contributed by atoms with van der Waals surface area (Å²) in [6, 6.07) is 7.41. The van der Waals surface area contributed by atoms with Gasteiger partial charge in [-0.15, -0.1) is 0 Å². The van der Waals surface area contributed by atoms with E-state index in [4.69, 9.17) is 4.74 Å². The number of amides is 1. The third-order valence-corrected chi connectivity index (χ3v) is 4.43. The fourth-order valence-corrected chi connectivity index (χ4v) is 3.08. The van der Waals surface area contributed by atoms with Crippen LogP contribution in [0.25, 0.3) is 11.0 Å². The maximum absolute atomic E-state index is 13.0. The zero-order valence-corrected chi connectivity index (χ0v) is 14.7. The van der Waals surface area contributed by atoms with Crippen LogP contribution in [-0.4, -0.2) is 64.5 Å². The molecule has 8 heteroatoms. The van der Waals surface area contributed by atoms with Crippen LogP contribution < -0.4 is 4.90 Å². The number of rotatable bonds is 3. The fourth-order valence-electron chi connectivity index (χ4n) is 3.08. The summed E-state index contributed by atoms with van der Waals surface area (Å²) in [6.45, 7) is 1.46. The Morgan fingerprint density at radius 1 is 1.31 bits per heavy atom. The monoisotopic (exact) mass is 352 g/mol. The van der Waals surface area contributed by atoms with Crippen LogP contribution >= 0.6 is 0 Å². The number of hydrogen-bond acceptors (Lipinski definition) is 6. The Kier molecular flexibility index (Phi) is 4.26. The number of H-pyrrole nitrogens is 1. The molecule has 1 saturated heterocycles. The van der Waals surface area contributed by atoms with Crippen LogP contribution in [0.1, 0.15) is 22.2 Å². The van der Waals surface area contributed by atoms with Crippen molar-refractivity contribution in [2.75, 3.05) is 38.7 Å². The van der Waals surface area contributed by atoms with Gasteiger partial charge in [0.25, 0.3) is 5.91 Å². The zero-order chi connectivity index (χ0) is 18.1. The van der Waals surface area contributed by atoms with E-state index in [1.165, 1.54) is 0 Å². The van der Waals surface area contributed by atoms with Gasteiger partial charge < -0.3 is 19.5 Å². The molecule has 1 atom stereocenters. The summed E-state index contributed by atoms with van der Waals surface area (Å²) in [5.74, 6) is 0.578. The van der Waals surface area contributed by atoms with Gasteiger partial charge in [0.15, 0.2) is 0 Å². The van der Waals surface area contributed by atoms with Crippen molar-refractivity contribution in [3.8, 4) is 0 Å². The summed E-state index contributed by atoms with van der Waals surface area (Å²) in [5, 5.41) is 0. The Morgan fingerprint density at radius 3 is 3.04 bits per heavy atom. The molecule has 0 saturated carbocycles. The number of carbonyl (C=O) groups excluding carboxylic acids is 1. The van der Waals surface area contributed by atoms with Crippen molar-refractivity contribution in [1.82, 2.24) is 24.8 Å². The molecule has 1 aliphatic rings. The van der Waals surface area contributed by atoms with E-state index < -0.39 is 0 Å². The molecule has 8 nitrogen and oxygen atoms in total. The maximum atomic E-state index is 13.0. The van der Waals surface area contributed by atoms with Crippen LogP contribution in [0.4, 0.5) is 5.95 Å². The number of hydrogen-bond donors (Lipinski definition) is 1. The molecule has 3 aromatic rings. The molecule has 3 heterocycles. The quantitative estimate of drug-likeness (QED) is 0.771. The minimum Gasteiger partial charge on any atom is -0.368 e. The van der Waals surface area contributed by atoms with E-state index in [2.05, 4.69) is 19.9 Å². The average Bonchev–Trinajstić information content (AvgIpc) is 3.16.